The lowest BCUT2D eigenvalue weighted by atomic mass is 9.92. The molecule has 0 aliphatic heterocycles. The van der Waals surface area contributed by atoms with Crippen molar-refractivity contribution >= 4 is 23.2 Å². The zero-order valence-electron chi connectivity index (χ0n) is 20.6. The highest BCUT2D eigenvalue weighted by atomic mass is 16.6. The van der Waals surface area contributed by atoms with Crippen LogP contribution in [0.5, 0.6) is 5.75 Å². The van der Waals surface area contributed by atoms with Crippen molar-refractivity contribution in [3.63, 3.8) is 0 Å². The lowest BCUT2D eigenvalue weighted by Crippen LogP contribution is -2.28. The van der Waals surface area contributed by atoms with Crippen LogP contribution in [0.15, 0.2) is 78.9 Å². The molecule has 1 aliphatic carbocycles. The van der Waals surface area contributed by atoms with E-state index in [1.165, 1.54) is 33.4 Å². The summed E-state index contributed by atoms with van der Waals surface area (Å²) >= 11 is 0. The monoisotopic (exact) mass is 468 g/mol. The summed E-state index contributed by atoms with van der Waals surface area (Å²) in [4.78, 5) is 12.1. The van der Waals surface area contributed by atoms with Crippen molar-refractivity contribution < 1.29 is 19.0 Å². The van der Waals surface area contributed by atoms with Gasteiger partial charge in [-0.15, -0.1) is 0 Å². The van der Waals surface area contributed by atoms with Crippen LogP contribution in [0.3, 0.4) is 0 Å². The summed E-state index contributed by atoms with van der Waals surface area (Å²) in [6.07, 6.45) is 4.28. The molecule has 1 unspecified atom stereocenters. The second kappa shape index (κ2) is 11.7. The SMILES string of the molecule is CCOC(=O)C(Cc1ccc(OC/C=C2/c3ccccc3C=C(C)c3ccccc32)cc1)OCC. The van der Waals surface area contributed by atoms with Gasteiger partial charge in [-0.25, -0.2) is 4.79 Å². The summed E-state index contributed by atoms with van der Waals surface area (Å²) in [6, 6.07) is 24.8. The van der Waals surface area contributed by atoms with Gasteiger partial charge in [-0.3, -0.25) is 0 Å². The number of rotatable bonds is 9. The number of ether oxygens (including phenoxy) is 3. The van der Waals surface area contributed by atoms with E-state index in [1.807, 2.05) is 31.2 Å². The molecular weight excluding hydrogens is 436 g/mol. The number of hydrogen-bond acceptors (Lipinski definition) is 4. The summed E-state index contributed by atoms with van der Waals surface area (Å²) in [5.41, 5.74) is 8.29. The number of allylic oxidation sites excluding steroid dienone is 1. The lowest BCUT2D eigenvalue weighted by molar-refractivity contribution is -0.156. The highest BCUT2D eigenvalue weighted by molar-refractivity contribution is 5.97. The normalized spacial score (nSPS) is 14.4. The molecule has 4 nitrogen and oxygen atoms in total. The molecule has 0 aromatic heterocycles. The van der Waals surface area contributed by atoms with Gasteiger partial charge in [-0.2, -0.15) is 0 Å². The first kappa shape index (κ1) is 24.5. The van der Waals surface area contributed by atoms with Crippen LogP contribution in [0.2, 0.25) is 0 Å². The van der Waals surface area contributed by atoms with E-state index in [9.17, 15) is 4.79 Å². The standard InChI is InChI=1S/C31H32O4/c1-4-33-30(31(32)34-5-2)21-23-14-16-25(17-15-23)35-19-18-29-27-12-7-6-10-24(27)20-22(3)26-11-8-9-13-28(26)29/h6-18,20,30H,4-5,19,21H2,1-3H3/b29-18-. The third-order valence-electron chi connectivity index (χ3n) is 6.06. The smallest absolute Gasteiger partial charge is 0.335 e. The van der Waals surface area contributed by atoms with Crippen molar-refractivity contribution in [2.24, 2.45) is 0 Å². The van der Waals surface area contributed by atoms with Gasteiger partial charge in [-0.1, -0.05) is 66.7 Å². The van der Waals surface area contributed by atoms with Crippen LogP contribution < -0.4 is 4.74 Å². The minimum absolute atomic E-state index is 0.324. The van der Waals surface area contributed by atoms with Crippen molar-refractivity contribution in [2.75, 3.05) is 19.8 Å². The van der Waals surface area contributed by atoms with Crippen LogP contribution in [0.25, 0.3) is 17.2 Å². The molecule has 4 rings (SSSR count). The number of benzene rings is 3. The van der Waals surface area contributed by atoms with Crippen molar-refractivity contribution in [3.8, 4) is 5.75 Å². The first-order valence-corrected chi connectivity index (χ1v) is 12.2. The van der Waals surface area contributed by atoms with Crippen LogP contribution in [0.1, 0.15) is 48.6 Å². The van der Waals surface area contributed by atoms with E-state index in [1.54, 1.807) is 6.92 Å². The molecule has 4 heteroatoms. The van der Waals surface area contributed by atoms with Crippen LogP contribution >= 0.6 is 0 Å². The Kier molecular flexibility index (Phi) is 8.17. The maximum absolute atomic E-state index is 12.1. The molecule has 3 aromatic carbocycles. The van der Waals surface area contributed by atoms with E-state index in [0.29, 0.717) is 26.2 Å². The van der Waals surface area contributed by atoms with Crippen molar-refractivity contribution in [1.29, 1.82) is 0 Å². The van der Waals surface area contributed by atoms with Crippen LogP contribution in [0, 0.1) is 0 Å². The van der Waals surface area contributed by atoms with Gasteiger partial charge in [0, 0.05) is 13.0 Å². The van der Waals surface area contributed by atoms with E-state index < -0.39 is 6.10 Å². The molecule has 0 N–H and O–H groups in total. The molecule has 0 amide bonds. The van der Waals surface area contributed by atoms with Gasteiger partial charge < -0.3 is 14.2 Å². The molecule has 35 heavy (non-hydrogen) atoms. The molecule has 0 saturated heterocycles. The first-order chi connectivity index (χ1) is 17.1. The lowest BCUT2D eigenvalue weighted by Gasteiger charge is -2.16. The average molecular weight is 469 g/mol. The molecule has 180 valence electrons. The van der Waals surface area contributed by atoms with Gasteiger partial charge in [0.2, 0.25) is 0 Å². The Bertz CT molecular complexity index is 1220. The highest BCUT2D eigenvalue weighted by Crippen LogP contribution is 2.36. The zero-order valence-corrected chi connectivity index (χ0v) is 20.6. The van der Waals surface area contributed by atoms with Gasteiger partial charge in [-0.05, 0) is 77.9 Å². The Morgan fingerprint density at radius 1 is 0.857 bits per heavy atom. The zero-order chi connectivity index (χ0) is 24.6. The summed E-state index contributed by atoms with van der Waals surface area (Å²) in [5, 5.41) is 0. The van der Waals surface area contributed by atoms with Crippen LogP contribution in [-0.4, -0.2) is 31.9 Å². The number of hydrogen-bond donors (Lipinski definition) is 0. The number of carbonyl (C=O) groups is 1. The highest BCUT2D eigenvalue weighted by Gasteiger charge is 2.20. The molecule has 1 aliphatic rings. The number of fused-ring (bicyclic) bond motifs is 2. The first-order valence-electron chi connectivity index (χ1n) is 12.2. The predicted octanol–water partition coefficient (Wildman–Crippen LogP) is 6.58. The minimum Gasteiger partial charge on any atom is -0.490 e. The van der Waals surface area contributed by atoms with Crippen molar-refractivity contribution in [2.45, 2.75) is 33.3 Å². The van der Waals surface area contributed by atoms with Gasteiger partial charge in [0.1, 0.15) is 12.4 Å². The van der Waals surface area contributed by atoms with E-state index in [-0.39, 0.29) is 5.97 Å². The fourth-order valence-corrected chi connectivity index (χ4v) is 4.41. The molecule has 0 heterocycles. The second-order valence-corrected chi connectivity index (χ2v) is 8.43. The summed E-state index contributed by atoms with van der Waals surface area (Å²) in [6.45, 7) is 7.08. The molecule has 0 fully saturated rings. The Morgan fingerprint density at radius 2 is 1.54 bits per heavy atom. The molecule has 0 saturated carbocycles. The largest absolute Gasteiger partial charge is 0.490 e. The summed E-state index contributed by atoms with van der Waals surface area (Å²) in [7, 11) is 0. The van der Waals surface area contributed by atoms with Crippen molar-refractivity contribution in [1.82, 2.24) is 0 Å². The van der Waals surface area contributed by atoms with E-state index in [0.717, 1.165) is 11.3 Å². The van der Waals surface area contributed by atoms with Gasteiger partial charge >= 0.3 is 5.97 Å². The van der Waals surface area contributed by atoms with Crippen LogP contribution in [0.4, 0.5) is 0 Å². The Balaban J connectivity index is 1.49. The number of esters is 1. The third-order valence-corrected chi connectivity index (χ3v) is 6.06. The van der Waals surface area contributed by atoms with Gasteiger partial charge in [0.25, 0.3) is 0 Å². The third kappa shape index (κ3) is 5.90. The molecule has 3 aromatic rings. The predicted molar refractivity (Wildman–Crippen MR) is 141 cm³/mol. The van der Waals surface area contributed by atoms with Crippen molar-refractivity contribution in [3.05, 3.63) is 107 Å². The summed E-state index contributed by atoms with van der Waals surface area (Å²) in [5.74, 6) is 0.453. The van der Waals surface area contributed by atoms with Gasteiger partial charge in [0.15, 0.2) is 6.10 Å². The van der Waals surface area contributed by atoms with E-state index >= 15 is 0 Å². The topological polar surface area (TPSA) is 44.8 Å². The Hall–Kier alpha value is -3.63. The molecule has 0 radical (unpaired) electrons. The quantitative estimate of drug-likeness (QED) is 0.333. The maximum Gasteiger partial charge on any atom is 0.335 e. The van der Waals surface area contributed by atoms with Gasteiger partial charge in [0.05, 0.1) is 6.61 Å². The number of carbonyl (C=O) groups excluding carboxylic acids is 1. The maximum atomic E-state index is 12.1. The fourth-order valence-electron chi connectivity index (χ4n) is 4.41. The molecule has 0 bridgehead atoms. The molecular formula is C31H32O4. The Morgan fingerprint density at radius 3 is 2.26 bits per heavy atom. The second-order valence-electron chi connectivity index (χ2n) is 8.43. The van der Waals surface area contributed by atoms with E-state index in [4.69, 9.17) is 14.2 Å². The average Bonchev–Trinajstić information content (AvgIpc) is 2.99. The minimum atomic E-state index is -0.594. The fraction of sp³-hybridized carbons (Fsp3) is 0.258. The summed E-state index contributed by atoms with van der Waals surface area (Å²) < 4.78 is 16.8. The Labute approximate surface area is 207 Å². The van der Waals surface area contributed by atoms with Crippen LogP contribution in [-0.2, 0) is 20.7 Å². The molecule has 0 spiro atoms. The van der Waals surface area contributed by atoms with E-state index in [2.05, 4.69) is 67.6 Å². The molecule has 1 atom stereocenters.